The molecular weight excluding hydrogens is 313 g/mol. The molecule has 1 atom stereocenters. The Bertz CT molecular complexity index is 546. The van der Waals surface area contributed by atoms with E-state index in [1.165, 1.54) is 6.07 Å². The zero-order chi connectivity index (χ0) is 16.1. The van der Waals surface area contributed by atoms with Crippen molar-refractivity contribution in [2.45, 2.75) is 25.3 Å². The Labute approximate surface area is 132 Å². The second-order valence-corrected chi connectivity index (χ2v) is 5.58. The average Bonchev–Trinajstić information content (AvgIpc) is 2.91. The van der Waals surface area contributed by atoms with Gasteiger partial charge in [0.1, 0.15) is 19.0 Å². The van der Waals surface area contributed by atoms with Crippen molar-refractivity contribution in [3.63, 3.8) is 0 Å². The molecule has 0 saturated carbocycles. The van der Waals surface area contributed by atoms with E-state index in [1.54, 1.807) is 17.0 Å². The van der Waals surface area contributed by atoms with Crippen molar-refractivity contribution in [1.82, 2.24) is 4.90 Å². The van der Waals surface area contributed by atoms with E-state index in [-0.39, 0.29) is 24.4 Å². The summed E-state index contributed by atoms with van der Waals surface area (Å²) in [6.07, 6.45) is 1.92. The Balaban J connectivity index is 1.98. The van der Waals surface area contributed by atoms with Gasteiger partial charge in [-0.2, -0.15) is 0 Å². The van der Waals surface area contributed by atoms with Gasteiger partial charge in [-0.1, -0.05) is 17.7 Å². The third-order valence-electron chi connectivity index (χ3n) is 3.65. The van der Waals surface area contributed by atoms with Gasteiger partial charge in [-0.15, -0.1) is 0 Å². The van der Waals surface area contributed by atoms with E-state index >= 15 is 0 Å². The van der Waals surface area contributed by atoms with Crippen LogP contribution in [0.1, 0.15) is 18.4 Å². The number of carboxylic acid groups (broad SMARTS) is 1. The van der Waals surface area contributed by atoms with Crippen molar-refractivity contribution in [2.75, 3.05) is 19.8 Å². The third kappa shape index (κ3) is 4.18. The number of hydrogen-bond acceptors (Lipinski definition) is 3. The zero-order valence-electron chi connectivity index (χ0n) is 11.9. The summed E-state index contributed by atoms with van der Waals surface area (Å²) in [6.45, 7) is -0.233. The molecule has 0 aromatic heterocycles. The fraction of sp³-hybridized carbons (Fsp3) is 0.467. The van der Waals surface area contributed by atoms with Crippen LogP contribution in [0.4, 0.5) is 4.39 Å². The van der Waals surface area contributed by atoms with Gasteiger partial charge < -0.3 is 14.7 Å². The molecule has 0 radical (unpaired) electrons. The van der Waals surface area contributed by atoms with Crippen LogP contribution in [0.15, 0.2) is 18.2 Å². The standard InChI is InChI=1S/C15H17ClFNO4/c16-12-4-1-5-13(17)11(12)7-10-3-2-6-18(10)14(19)8-22-9-15(20)21/h1,4-5,10H,2-3,6-9H2,(H,20,21). The molecule has 0 spiro atoms. The number of hydrogen-bond donors (Lipinski definition) is 1. The lowest BCUT2D eigenvalue weighted by molar-refractivity contribution is -0.146. The number of halogens is 2. The highest BCUT2D eigenvalue weighted by Crippen LogP contribution is 2.26. The second-order valence-electron chi connectivity index (χ2n) is 5.17. The van der Waals surface area contributed by atoms with Gasteiger partial charge in [0.15, 0.2) is 0 Å². The molecule has 1 amide bonds. The molecule has 1 fully saturated rings. The minimum atomic E-state index is -1.12. The first-order valence-corrected chi connectivity index (χ1v) is 7.38. The van der Waals surface area contributed by atoms with Gasteiger partial charge in [0.05, 0.1) is 0 Å². The number of aliphatic carboxylic acids is 1. The molecule has 1 saturated heterocycles. The molecule has 2 rings (SSSR count). The van der Waals surface area contributed by atoms with Crippen molar-refractivity contribution < 1.29 is 23.8 Å². The van der Waals surface area contributed by atoms with Crippen LogP contribution in [-0.2, 0) is 20.7 Å². The van der Waals surface area contributed by atoms with E-state index in [2.05, 4.69) is 0 Å². The predicted molar refractivity (Wildman–Crippen MR) is 78.3 cm³/mol. The molecule has 22 heavy (non-hydrogen) atoms. The second kappa shape index (κ2) is 7.56. The maximum Gasteiger partial charge on any atom is 0.329 e. The molecule has 1 N–H and O–H groups in total. The smallest absolute Gasteiger partial charge is 0.329 e. The highest BCUT2D eigenvalue weighted by Gasteiger charge is 2.30. The Kier molecular flexibility index (Phi) is 5.74. The quantitative estimate of drug-likeness (QED) is 0.868. The highest BCUT2D eigenvalue weighted by molar-refractivity contribution is 6.31. The average molecular weight is 330 g/mol. The first kappa shape index (κ1) is 16.7. The number of benzene rings is 1. The number of amides is 1. The lowest BCUT2D eigenvalue weighted by atomic mass is 10.0. The summed E-state index contributed by atoms with van der Waals surface area (Å²) in [5.74, 6) is -1.78. The van der Waals surface area contributed by atoms with Gasteiger partial charge in [-0.25, -0.2) is 9.18 Å². The van der Waals surface area contributed by atoms with Crippen LogP contribution in [0.25, 0.3) is 0 Å². The minimum Gasteiger partial charge on any atom is -0.480 e. The summed E-state index contributed by atoms with van der Waals surface area (Å²) < 4.78 is 18.7. The predicted octanol–water partition coefficient (Wildman–Crippen LogP) is 2.11. The monoisotopic (exact) mass is 329 g/mol. The number of ether oxygens (including phenoxy) is 1. The molecule has 1 unspecified atom stereocenters. The first-order chi connectivity index (χ1) is 10.5. The van der Waals surface area contributed by atoms with Crippen molar-refractivity contribution in [2.24, 2.45) is 0 Å². The van der Waals surface area contributed by atoms with Crippen LogP contribution >= 0.6 is 11.6 Å². The number of likely N-dealkylation sites (tertiary alicyclic amines) is 1. The van der Waals surface area contributed by atoms with Crippen LogP contribution in [-0.4, -0.2) is 47.7 Å². The summed E-state index contributed by atoms with van der Waals surface area (Å²) in [5.41, 5.74) is 0.403. The lowest BCUT2D eigenvalue weighted by Gasteiger charge is -2.25. The molecule has 0 aliphatic carbocycles. The number of carboxylic acids is 1. The maximum absolute atomic E-state index is 13.8. The molecule has 1 aliphatic heterocycles. The van der Waals surface area contributed by atoms with Crippen LogP contribution in [0.2, 0.25) is 5.02 Å². The van der Waals surface area contributed by atoms with Gasteiger partial charge >= 0.3 is 5.97 Å². The van der Waals surface area contributed by atoms with Crippen molar-refractivity contribution in [3.8, 4) is 0 Å². The molecular formula is C15H17ClFNO4. The number of nitrogens with zero attached hydrogens (tertiary/aromatic N) is 1. The molecule has 5 nitrogen and oxygen atoms in total. The SMILES string of the molecule is O=C(O)COCC(=O)N1CCCC1Cc1c(F)cccc1Cl. The van der Waals surface area contributed by atoms with Gasteiger partial charge in [-0.3, -0.25) is 4.79 Å². The summed E-state index contributed by atoms with van der Waals surface area (Å²) in [4.78, 5) is 24.1. The topological polar surface area (TPSA) is 66.8 Å². The van der Waals surface area contributed by atoms with E-state index in [4.69, 9.17) is 21.4 Å². The minimum absolute atomic E-state index is 0.143. The maximum atomic E-state index is 13.8. The Morgan fingerprint density at radius 2 is 2.18 bits per heavy atom. The van der Waals surface area contributed by atoms with Gasteiger partial charge in [-0.05, 0) is 31.4 Å². The molecule has 7 heteroatoms. The molecule has 1 aromatic rings. The van der Waals surface area contributed by atoms with Gasteiger partial charge in [0.2, 0.25) is 5.91 Å². The van der Waals surface area contributed by atoms with E-state index in [1.807, 2.05) is 0 Å². The molecule has 120 valence electrons. The number of carbonyl (C=O) groups is 2. The zero-order valence-corrected chi connectivity index (χ0v) is 12.7. The summed E-state index contributed by atoms with van der Waals surface area (Å²) in [5, 5.41) is 8.84. The van der Waals surface area contributed by atoms with Crippen LogP contribution in [0.3, 0.4) is 0 Å². The van der Waals surface area contributed by atoms with Crippen LogP contribution < -0.4 is 0 Å². The summed E-state index contributed by atoms with van der Waals surface area (Å²) in [6, 6.07) is 4.36. The fourth-order valence-corrected chi connectivity index (χ4v) is 2.89. The normalized spacial score (nSPS) is 17.7. The van der Waals surface area contributed by atoms with Crippen LogP contribution in [0, 0.1) is 5.82 Å². The Morgan fingerprint density at radius 1 is 1.41 bits per heavy atom. The third-order valence-corrected chi connectivity index (χ3v) is 4.00. The van der Waals surface area contributed by atoms with E-state index in [0.29, 0.717) is 23.6 Å². The fourth-order valence-electron chi connectivity index (χ4n) is 2.65. The van der Waals surface area contributed by atoms with E-state index in [9.17, 15) is 14.0 Å². The summed E-state index contributed by atoms with van der Waals surface area (Å²) in [7, 11) is 0. The van der Waals surface area contributed by atoms with Gasteiger partial charge in [0, 0.05) is 23.2 Å². The molecule has 1 aliphatic rings. The number of rotatable bonds is 6. The molecule has 1 aromatic carbocycles. The number of carbonyl (C=O) groups excluding carboxylic acids is 1. The molecule has 0 bridgehead atoms. The van der Waals surface area contributed by atoms with Crippen LogP contribution in [0.5, 0.6) is 0 Å². The largest absolute Gasteiger partial charge is 0.480 e. The van der Waals surface area contributed by atoms with Gasteiger partial charge in [0.25, 0.3) is 0 Å². The van der Waals surface area contributed by atoms with Crippen molar-refractivity contribution >= 4 is 23.5 Å². The van der Waals surface area contributed by atoms with E-state index in [0.717, 1.165) is 12.8 Å². The van der Waals surface area contributed by atoms with Crippen molar-refractivity contribution in [3.05, 3.63) is 34.6 Å². The summed E-state index contributed by atoms with van der Waals surface area (Å²) >= 11 is 6.02. The Morgan fingerprint density at radius 3 is 2.86 bits per heavy atom. The van der Waals surface area contributed by atoms with E-state index < -0.39 is 12.6 Å². The first-order valence-electron chi connectivity index (χ1n) is 7.01. The Hall–Kier alpha value is -1.66. The lowest BCUT2D eigenvalue weighted by Crippen LogP contribution is -2.39. The van der Waals surface area contributed by atoms with Crippen molar-refractivity contribution in [1.29, 1.82) is 0 Å². The highest BCUT2D eigenvalue weighted by atomic mass is 35.5. The molecule has 1 heterocycles.